The van der Waals surface area contributed by atoms with Gasteiger partial charge in [0.15, 0.2) is 0 Å². The summed E-state index contributed by atoms with van der Waals surface area (Å²) in [6, 6.07) is 20.4. The topological polar surface area (TPSA) is 66.4 Å². The number of fused-ring (bicyclic) bond motifs is 1. The second kappa shape index (κ2) is 6.97. The number of benzene rings is 3. The van der Waals surface area contributed by atoms with E-state index in [0.717, 1.165) is 0 Å². The summed E-state index contributed by atoms with van der Waals surface area (Å²) >= 11 is 12.1. The average Bonchev–Trinajstić information content (AvgIpc) is 2.68. The Bertz CT molecular complexity index is 1020. The molecule has 0 saturated carbocycles. The summed E-state index contributed by atoms with van der Waals surface area (Å²) in [5, 5.41) is 14.3. The summed E-state index contributed by atoms with van der Waals surface area (Å²) in [5.74, 6) is -2.42. The van der Waals surface area contributed by atoms with Crippen LogP contribution in [0.2, 0.25) is 10.0 Å². The van der Waals surface area contributed by atoms with Gasteiger partial charge in [-0.05, 0) is 47.0 Å². The van der Waals surface area contributed by atoms with Gasteiger partial charge in [-0.1, -0.05) is 65.7 Å². The molecule has 0 aliphatic carbocycles. The van der Waals surface area contributed by atoms with Crippen LogP contribution in [-0.4, -0.2) is 17.0 Å². The lowest BCUT2D eigenvalue weighted by molar-refractivity contribution is -0.140. The van der Waals surface area contributed by atoms with Crippen LogP contribution in [0.5, 0.6) is 0 Å². The fourth-order valence-electron chi connectivity index (χ4n) is 3.90. The zero-order valence-corrected chi connectivity index (χ0v) is 16.0. The predicted molar refractivity (Wildman–Crippen MR) is 108 cm³/mol. The second-order valence-electron chi connectivity index (χ2n) is 6.63. The van der Waals surface area contributed by atoms with Crippen molar-refractivity contribution in [3.63, 3.8) is 0 Å². The van der Waals surface area contributed by atoms with Gasteiger partial charge in [-0.25, -0.2) is 0 Å². The molecule has 140 valence electrons. The van der Waals surface area contributed by atoms with Crippen molar-refractivity contribution in [2.75, 3.05) is 0 Å². The number of aliphatic carboxylic acids is 1. The third-order valence-corrected chi connectivity index (χ3v) is 5.61. The Kier molecular flexibility index (Phi) is 4.61. The highest BCUT2D eigenvalue weighted by Gasteiger charge is 2.52. The zero-order chi connectivity index (χ0) is 19.9. The summed E-state index contributed by atoms with van der Waals surface area (Å²) in [4.78, 5) is 25.5. The van der Waals surface area contributed by atoms with Gasteiger partial charge in [-0.3, -0.25) is 9.59 Å². The Balaban J connectivity index is 2.07. The molecule has 1 heterocycles. The number of amides is 1. The highest BCUT2D eigenvalue weighted by atomic mass is 35.5. The summed E-state index contributed by atoms with van der Waals surface area (Å²) < 4.78 is 0. The van der Waals surface area contributed by atoms with Crippen LogP contribution in [0.25, 0.3) is 0 Å². The van der Waals surface area contributed by atoms with Crippen molar-refractivity contribution >= 4 is 35.1 Å². The smallest absolute Gasteiger partial charge is 0.314 e. The average molecular weight is 412 g/mol. The van der Waals surface area contributed by atoms with E-state index in [1.54, 1.807) is 72.8 Å². The highest BCUT2D eigenvalue weighted by molar-refractivity contribution is 6.30. The lowest BCUT2D eigenvalue weighted by Gasteiger charge is -2.44. The molecular formula is C22H15Cl2NO3. The van der Waals surface area contributed by atoms with E-state index >= 15 is 0 Å². The van der Waals surface area contributed by atoms with Crippen LogP contribution in [0.15, 0.2) is 72.8 Å². The summed E-state index contributed by atoms with van der Waals surface area (Å²) in [7, 11) is 0. The molecule has 1 atom stereocenters. The minimum Gasteiger partial charge on any atom is -0.481 e. The maximum absolute atomic E-state index is 13.0. The van der Waals surface area contributed by atoms with Gasteiger partial charge in [0.05, 0.1) is 0 Å². The van der Waals surface area contributed by atoms with Crippen LogP contribution in [0, 0.1) is 0 Å². The molecule has 2 N–H and O–H groups in total. The van der Waals surface area contributed by atoms with Crippen molar-refractivity contribution < 1.29 is 14.7 Å². The Hall–Kier alpha value is -2.82. The van der Waals surface area contributed by atoms with Crippen LogP contribution in [0.1, 0.15) is 33.0 Å². The van der Waals surface area contributed by atoms with Crippen molar-refractivity contribution in [2.24, 2.45) is 0 Å². The van der Waals surface area contributed by atoms with Gasteiger partial charge < -0.3 is 10.4 Å². The van der Waals surface area contributed by atoms with E-state index < -0.39 is 17.4 Å². The Morgan fingerprint density at radius 3 is 1.86 bits per heavy atom. The zero-order valence-electron chi connectivity index (χ0n) is 14.5. The Morgan fingerprint density at radius 2 is 1.36 bits per heavy atom. The van der Waals surface area contributed by atoms with E-state index in [1.807, 2.05) is 0 Å². The van der Waals surface area contributed by atoms with Gasteiger partial charge in [-0.2, -0.15) is 0 Å². The molecule has 4 nitrogen and oxygen atoms in total. The molecule has 1 amide bonds. The summed E-state index contributed by atoms with van der Waals surface area (Å²) in [5.41, 5.74) is 0.743. The van der Waals surface area contributed by atoms with E-state index in [0.29, 0.717) is 32.3 Å². The molecule has 6 heteroatoms. The Labute approximate surface area is 171 Å². The molecule has 3 aromatic rings. The number of hydrogen-bond donors (Lipinski definition) is 2. The van der Waals surface area contributed by atoms with Crippen LogP contribution < -0.4 is 5.32 Å². The fourth-order valence-corrected chi connectivity index (χ4v) is 4.15. The van der Waals surface area contributed by atoms with Crippen molar-refractivity contribution in [3.8, 4) is 0 Å². The van der Waals surface area contributed by atoms with E-state index in [2.05, 4.69) is 5.32 Å². The van der Waals surface area contributed by atoms with E-state index in [1.165, 1.54) is 0 Å². The predicted octanol–water partition coefficient (Wildman–Crippen LogP) is 4.85. The molecule has 28 heavy (non-hydrogen) atoms. The third-order valence-electron chi connectivity index (χ3n) is 5.11. The highest BCUT2D eigenvalue weighted by Crippen LogP contribution is 2.47. The first-order valence-electron chi connectivity index (χ1n) is 8.60. The molecule has 0 spiro atoms. The Morgan fingerprint density at radius 1 is 0.857 bits per heavy atom. The molecule has 4 rings (SSSR count). The number of halogens is 2. The fraction of sp³-hybridized carbons (Fsp3) is 0.0909. The number of hydrogen-bond acceptors (Lipinski definition) is 2. The molecule has 1 aliphatic heterocycles. The molecule has 1 unspecified atom stereocenters. The summed E-state index contributed by atoms with van der Waals surface area (Å²) in [6.45, 7) is 0. The first kappa shape index (κ1) is 18.5. The standard InChI is InChI=1S/C22H15Cl2NO3/c23-15-9-5-13(6-10-15)22(14-7-11-16(24)12-8-14)19(21(27)28)17-3-1-2-4-18(17)20(26)25-22/h1-12,19H,(H,25,26)(H,27,28). The van der Waals surface area contributed by atoms with Crippen molar-refractivity contribution in [3.05, 3.63) is 105 Å². The van der Waals surface area contributed by atoms with Crippen molar-refractivity contribution in [2.45, 2.75) is 11.5 Å². The number of carboxylic acids is 1. The second-order valence-corrected chi connectivity index (χ2v) is 7.51. The molecular weight excluding hydrogens is 397 g/mol. The van der Waals surface area contributed by atoms with E-state index in [9.17, 15) is 14.7 Å². The van der Waals surface area contributed by atoms with Gasteiger partial charge in [0.25, 0.3) is 5.91 Å². The third kappa shape index (κ3) is 2.86. The molecule has 0 radical (unpaired) electrons. The number of carboxylic acid groups (broad SMARTS) is 1. The number of rotatable bonds is 3. The molecule has 1 aliphatic rings. The van der Waals surface area contributed by atoms with Crippen LogP contribution >= 0.6 is 23.2 Å². The summed E-state index contributed by atoms with van der Waals surface area (Å²) in [6.07, 6.45) is 0. The quantitative estimate of drug-likeness (QED) is 0.647. The van der Waals surface area contributed by atoms with Crippen LogP contribution in [0.4, 0.5) is 0 Å². The maximum Gasteiger partial charge on any atom is 0.314 e. The number of carbonyl (C=O) groups is 2. The first-order valence-corrected chi connectivity index (χ1v) is 9.35. The minimum atomic E-state index is -1.31. The van der Waals surface area contributed by atoms with E-state index in [4.69, 9.17) is 23.2 Å². The van der Waals surface area contributed by atoms with Crippen LogP contribution in [0.3, 0.4) is 0 Å². The molecule has 0 saturated heterocycles. The minimum absolute atomic E-state index is 0.335. The molecule has 3 aromatic carbocycles. The molecule has 0 bridgehead atoms. The number of nitrogens with one attached hydrogen (secondary N) is 1. The van der Waals surface area contributed by atoms with E-state index in [-0.39, 0.29) is 5.91 Å². The van der Waals surface area contributed by atoms with Gasteiger partial charge in [0, 0.05) is 15.6 Å². The SMILES string of the molecule is O=C1NC(c2ccc(Cl)cc2)(c2ccc(Cl)cc2)C(C(=O)O)c2ccccc21. The van der Waals surface area contributed by atoms with Gasteiger partial charge >= 0.3 is 5.97 Å². The monoisotopic (exact) mass is 411 g/mol. The van der Waals surface area contributed by atoms with Crippen LogP contribution in [-0.2, 0) is 10.3 Å². The van der Waals surface area contributed by atoms with Gasteiger partial charge in [0.2, 0.25) is 0 Å². The van der Waals surface area contributed by atoms with Gasteiger partial charge in [-0.15, -0.1) is 0 Å². The molecule has 0 fully saturated rings. The largest absolute Gasteiger partial charge is 0.481 e. The lowest BCUT2D eigenvalue weighted by atomic mass is 9.67. The normalized spacial score (nSPS) is 17.5. The van der Waals surface area contributed by atoms with Crippen molar-refractivity contribution in [1.29, 1.82) is 0 Å². The lowest BCUT2D eigenvalue weighted by Crippen LogP contribution is -2.56. The van der Waals surface area contributed by atoms with Gasteiger partial charge in [0.1, 0.15) is 11.5 Å². The van der Waals surface area contributed by atoms with Crippen molar-refractivity contribution in [1.82, 2.24) is 5.32 Å². The molecule has 0 aromatic heterocycles. The number of carbonyl (C=O) groups excluding carboxylic acids is 1. The maximum atomic E-state index is 13.0. The first-order chi connectivity index (χ1) is 13.4.